The smallest absolute Gasteiger partial charge is 0.253 e. The van der Waals surface area contributed by atoms with E-state index in [0.717, 1.165) is 38.8 Å². The Morgan fingerprint density at radius 2 is 2.06 bits per heavy atom. The number of hydrogen-bond donors (Lipinski definition) is 5. The molecule has 8 nitrogen and oxygen atoms in total. The Balaban J connectivity index is 1.48. The van der Waals surface area contributed by atoms with Crippen LogP contribution in [-0.4, -0.2) is 15.9 Å². The third kappa shape index (κ3) is 3.43. The van der Waals surface area contributed by atoms with Crippen molar-refractivity contribution in [3.05, 3.63) is 77.1 Å². The summed E-state index contributed by atoms with van der Waals surface area (Å²) in [4.78, 5) is 20.4. The number of carbonyl (C=O) groups is 1. The van der Waals surface area contributed by atoms with Crippen LogP contribution in [0.4, 0.5) is 11.5 Å². The van der Waals surface area contributed by atoms with Crippen molar-refractivity contribution in [1.82, 2.24) is 20.7 Å². The molecule has 6 N–H and O–H groups in total. The van der Waals surface area contributed by atoms with E-state index >= 15 is 0 Å². The van der Waals surface area contributed by atoms with E-state index in [1.165, 1.54) is 0 Å². The molecular formula is C23H19N7O. The molecule has 1 amide bonds. The Hall–Kier alpha value is -4.35. The molecule has 1 aliphatic rings. The minimum Gasteiger partial charge on any atom is -0.384 e. The number of H-pyrrole nitrogens is 1. The van der Waals surface area contributed by atoms with Crippen LogP contribution < -0.4 is 21.9 Å². The van der Waals surface area contributed by atoms with Crippen LogP contribution in [0.25, 0.3) is 22.0 Å². The molecule has 0 spiro atoms. The van der Waals surface area contributed by atoms with E-state index in [9.17, 15) is 4.79 Å². The van der Waals surface area contributed by atoms with Crippen LogP contribution in [-0.2, 0) is 13.1 Å². The van der Waals surface area contributed by atoms with Crippen LogP contribution in [0.3, 0.4) is 0 Å². The van der Waals surface area contributed by atoms with Crippen molar-refractivity contribution in [2.75, 3.05) is 11.2 Å². The van der Waals surface area contributed by atoms with E-state index in [1.54, 1.807) is 18.3 Å². The standard InChI is InChI=1S/C23H19N7O/c24-8-13-1-3-14(4-2-13)9-28-23(31)18-6-15(5-16-10-29-30-22(16)18)19-11-26-20-12-27-21(25)7-17(19)20/h1-7,11-12,26,29-30H,9-10H2,(H2,25,27)(H,28,31). The summed E-state index contributed by atoms with van der Waals surface area (Å²) in [6.07, 6.45) is 3.61. The molecule has 0 aliphatic carbocycles. The number of nitrogens with one attached hydrogen (secondary N) is 4. The zero-order valence-electron chi connectivity index (χ0n) is 16.5. The lowest BCUT2D eigenvalue weighted by Crippen LogP contribution is -2.24. The first-order valence-corrected chi connectivity index (χ1v) is 9.78. The highest BCUT2D eigenvalue weighted by atomic mass is 16.1. The van der Waals surface area contributed by atoms with Gasteiger partial charge >= 0.3 is 0 Å². The lowest BCUT2D eigenvalue weighted by Gasteiger charge is -2.12. The van der Waals surface area contributed by atoms with Gasteiger partial charge < -0.3 is 21.5 Å². The lowest BCUT2D eigenvalue weighted by atomic mass is 9.97. The van der Waals surface area contributed by atoms with Gasteiger partial charge in [-0.3, -0.25) is 4.79 Å². The monoisotopic (exact) mass is 409 g/mol. The van der Waals surface area contributed by atoms with E-state index in [1.807, 2.05) is 30.5 Å². The number of carbonyl (C=O) groups excluding carboxylic acids is 1. The highest BCUT2D eigenvalue weighted by Crippen LogP contribution is 2.35. The fourth-order valence-electron chi connectivity index (χ4n) is 3.80. The maximum absolute atomic E-state index is 13.1. The zero-order valence-corrected chi connectivity index (χ0v) is 16.5. The second-order valence-electron chi connectivity index (χ2n) is 7.38. The van der Waals surface area contributed by atoms with E-state index in [0.29, 0.717) is 30.0 Å². The van der Waals surface area contributed by atoms with Gasteiger partial charge in [-0.1, -0.05) is 12.1 Å². The number of rotatable bonds is 4. The molecule has 0 fully saturated rings. The molecule has 31 heavy (non-hydrogen) atoms. The predicted molar refractivity (Wildman–Crippen MR) is 119 cm³/mol. The van der Waals surface area contributed by atoms with Crippen LogP contribution in [0.15, 0.2) is 54.9 Å². The van der Waals surface area contributed by atoms with Gasteiger partial charge in [-0.15, -0.1) is 0 Å². The SMILES string of the molecule is N#Cc1ccc(CNC(=O)c2cc(-c3c[nH]c4cnc(N)cc34)cc3c2NNC3)cc1. The second-order valence-corrected chi connectivity index (χ2v) is 7.38. The number of nitrogens with two attached hydrogens (primary N) is 1. The number of nitriles is 1. The predicted octanol–water partition coefficient (Wildman–Crippen LogP) is 3.04. The van der Waals surface area contributed by atoms with Gasteiger partial charge in [0.15, 0.2) is 0 Å². The molecule has 0 unspecified atom stereocenters. The van der Waals surface area contributed by atoms with Gasteiger partial charge in [0, 0.05) is 30.2 Å². The minimum atomic E-state index is -0.181. The lowest BCUT2D eigenvalue weighted by molar-refractivity contribution is 0.0951. The molecule has 0 saturated carbocycles. The van der Waals surface area contributed by atoms with Crippen molar-refractivity contribution in [1.29, 1.82) is 5.26 Å². The summed E-state index contributed by atoms with van der Waals surface area (Å²) in [5, 5.41) is 12.9. The molecule has 4 aromatic rings. The molecule has 1 aliphatic heterocycles. The molecule has 0 bridgehead atoms. The summed E-state index contributed by atoms with van der Waals surface area (Å²) in [6, 6.07) is 15.0. The normalized spacial score (nSPS) is 12.2. The van der Waals surface area contributed by atoms with E-state index in [-0.39, 0.29) is 5.91 Å². The van der Waals surface area contributed by atoms with Gasteiger partial charge in [-0.2, -0.15) is 5.26 Å². The molecule has 0 radical (unpaired) electrons. The third-order valence-corrected chi connectivity index (χ3v) is 5.39. The van der Waals surface area contributed by atoms with Gasteiger partial charge in [0.25, 0.3) is 5.91 Å². The van der Waals surface area contributed by atoms with Gasteiger partial charge in [0.1, 0.15) is 5.82 Å². The molecule has 8 heteroatoms. The molecule has 2 aromatic carbocycles. The molecule has 5 rings (SSSR count). The third-order valence-electron chi connectivity index (χ3n) is 5.39. The Morgan fingerprint density at radius 3 is 2.87 bits per heavy atom. The van der Waals surface area contributed by atoms with Crippen molar-refractivity contribution in [3.63, 3.8) is 0 Å². The molecular weight excluding hydrogens is 390 g/mol. The highest BCUT2D eigenvalue weighted by Gasteiger charge is 2.21. The largest absolute Gasteiger partial charge is 0.384 e. The average molecular weight is 409 g/mol. The first-order valence-electron chi connectivity index (χ1n) is 9.78. The Kier molecular flexibility index (Phi) is 4.50. The maximum Gasteiger partial charge on any atom is 0.253 e. The fraction of sp³-hybridized carbons (Fsp3) is 0.0870. The number of nitrogens with zero attached hydrogens (tertiary/aromatic N) is 2. The quantitative estimate of drug-likeness (QED) is 0.352. The summed E-state index contributed by atoms with van der Waals surface area (Å²) >= 11 is 0. The number of hydrazine groups is 1. The van der Waals surface area contributed by atoms with Crippen LogP contribution in [0.5, 0.6) is 0 Å². The van der Waals surface area contributed by atoms with Crippen molar-refractivity contribution in [3.8, 4) is 17.2 Å². The zero-order chi connectivity index (χ0) is 21.4. The summed E-state index contributed by atoms with van der Waals surface area (Å²) in [7, 11) is 0. The van der Waals surface area contributed by atoms with Gasteiger partial charge in [0.05, 0.1) is 34.6 Å². The van der Waals surface area contributed by atoms with E-state index in [2.05, 4.69) is 38.3 Å². The Morgan fingerprint density at radius 1 is 1.23 bits per heavy atom. The summed E-state index contributed by atoms with van der Waals surface area (Å²) in [5.74, 6) is 0.262. The molecule has 0 saturated heterocycles. The highest BCUT2D eigenvalue weighted by molar-refractivity contribution is 6.04. The fourth-order valence-corrected chi connectivity index (χ4v) is 3.80. The summed E-state index contributed by atoms with van der Waals surface area (Å²) in [6.45, 7) is 0.984. The number of hydrogen-bond acceptors (Lipinski definition) is 6. The van der Waals surface area contributed by atoms with E-state index in [4.69, 9.17) is 11.0 Å². The van der Waals surface area contributed by atoms with Crippen LogP contribution in [0.1, 0.15) is 27.0 Å². The van der Waals surface area contributed by atoms with Gasteiger partial charge in [-0.05, 0) is 47.0 Å². The van der Waals surface area contributed by atoms with Crippen LogP contribution in [0, 0.1) is 11.3 Å². The first-order chi connectivity index (χ1) is 15.1. The Labute approximate surface area is 178 Å². The molecule has 3 heterocycles. The number of fused-ring (bicyclic) bond motifs is 2. The van der Waals surface area contributed by atoms with Gasteiger partial charge in [0.2, 0.25) is 0 Å². The summed E-state index contributed by atoms with van der Waals surface area (Å²) < 4.78 is 0. The van der Waals surface area contributed by atoms with Crippen molar-refractivity contribution < 1.29 is 4.79 Å². The van der Waals surface area contributed by atoms with Gasteiger partial charge in [-0.25, -0.2) is 10.4 Å². The van der Waals surface area contributed by atoms with Crippen molar-refractivity contribution in [2.24, 2.45) is 0 Å². The second kappa shape index (κ2) is 7.48. The number of aromatic nitrogens is 2. The van der Waals surface area contributed by atoms with E-state index < -0.39 is 0 Å². The number of nitrogen functional groups attached to an aromatic ring is 1. The topological polar surface area (TPSA) is 132 Å². The summed E-state index contributed by atoms with van der Waals surface area (Å²) in [5.41, 5.74) is 18.7. The number of benzene rings is 2. The van der Waals surface area contributed by atoms with Crippen LogP contribution >= 0.6 is 0 Å². The average Bonchev–Trinajstić information content (AvgIpc) is 3.43. The number of aromatic amines is 1. The number of amides is 1. The minimum absolute atomic E-state index is 0.181. The number of anilines is 2. The molecule has 0 atom stereocenters. The van der Waals surface area contributed by atoms with Crippen molar-refractivity contribution in [2.45, 2.75) is 13.1 Å². The van der Waals surface area contributed by atoms with Crippen LogP contribution in [0.2, 0.25) is 0 Å². The first kappa shape index (κ1) is 18.7. The molecule has 2 aromatic heterocycles. The van der Waals surface area contributed by atoms with Crippen molar-refractivity contribution >= 4 is 28.3 Å². The maximum atomic E-state index is 13.1. The molecule has 152 valence electrons. The number of pyridine rings is 1. The Bertz CT molecular complexity index is 1350.